The highest BCUT2D eigenvalue weighted by Gasteiger charge is 2.30. The van der Waals surface area contributed by atoms with Crippen molar-refractivity contribution in [1.29, 1.82) is 0 Å². The first kappa shape index (κ1) is 25.3. The SMILES string of the molecule is CN=C(NCC(c1ccccc1OC)N1CCCC1)N1CCN(c2cnn(C)c2)C(=O)C1.I. The van der Waals surface area contributed by atoms with Crippen LogP contribution in [0.2, 0.25) is 0 Å². The molecule has 1 aromatic heterocycles. The summed E-state index contributed by atoms with van der Waals surface area (Å²) in [6.07, 6.45) is 6.03. The lowest BCUT2D eigenvalue weighted by molar-refractivity contribution is -0.120. The molecule has 1 aromatic carbocycles. The molecule has 1 unspecified atom stereocenters. The number of anilines is 1. The van der Waals surface area contributed by atoms with E-state index in [1.54, 1.807) is 29.9 Å². The molecule has 10 heteroatoms. The Hall–Kier alpha value is -2.34. The standard InChI is InChI=1S/C23H33N7O2.HI/c1-24-23(29-12-13-30(22(31)17-29)18-14-26-27(2)16-18)25-15-20(28-10-6-7-11-28)19-8-4-5-9-21(19)32-3;/h4-5,8-9,14,16,20H,6-7,10-13,15,17H2,1-3H3,(H,24,25);1H. The van der Waals surface area contributed by atoms with E-state index in [4.69, 9.17) is 4.74 Å². The quantitative estimate of drug-likeness (QED) is 0.328. The number of aromatic nitrogens is 2. The van der Waals surface area contributed by atoms with Crippen LogP contribution >= 0.6 is 24.0 Å². The van der Waals surface area contributed by atoms with Crippen molar-refractivity contribution in [2.45, 2.75) is 18.9 Å². The van der Waals surface area contributed by atoms with Gasteiger partial charge in [-0.2, -0.15) is 5.10 Å². The van der Waals surface area contributed by atoms with Crippen LogP contribution in [0.15, 0.2) is 41.7 Å². The van der Waals surface area contributed by atoms with Gasteiger partial charge in [-0.15, -0.1) is 24.0 Å². The lowest BCUT2D eigenvalue weighted by atomic mass is 10.0. The highest BCUT2D eigenvalue weighted by Crippen LogP contribution is 2.31. The first-order chi connectivity index (χ1) is 15.6. The molecule has 1 N–H and O–H groups in total. The topological polar surface area (TPSA) is 78.2 Å². The smallest absolute Gasteiger partial charge is 0.246 e. The molecule has 2 saturated heterocycles. The van der Waals surface area contributed by atoms with E-state index >= 15 is 0 Å². The lowest BCUT2D eigenvalue weighted by Crippen LogP contribution is -2.56. The first-order valence-corrected chi connectivity index (χ1v) is 11.2. The molecule has 0 aliphatic carbocycles. The molecule has 2 aliphatic rings. The maximum Gasteiger partial charge on any atom is 0.246 e. The van der Waals surface area contributed by atoms with Gasteiger partial charge in [0.15, 0.2) is 5.96 Å². The predicted octanol–water partition coefficient (Wildman–Crippen LogP) is 2.11. The normalized spacial score (nSPS) is 18.3. The second-order valence-electron chi connectivity index (χ2n) is 8.27. The van der Waals surface area contributed by atoms with Crippen molar-refractivity contribution < 1.29 is 9.53 Å². The summed E-state index contributed by atoms with van der Waals surface area (Å²) in [6, 6.07) is 8.40. The van der Waals surface area contributed by atoms with Gasteiger partial charge >= 0.3 is 0 Å². The maximum atomic E-state index is 12.8. The van der Waals surface area contributed by atoms with Gasteiger partial charge in [0.2, 0.25) is 5.91 Å². The summed E-state index contributed by atoms with van der Waals surface area (Å²) in [5, 5.41) is 7.72. The molecule has 2 fully saturated rings. The van der Waals surface area contributed by atoms with Gasteiger partial charge in [0.05, 0.1) is 25.0 Å². The van der Waals surface area contributed by atoms with Crippen LogP contribution < -0.4 is 15.0 Å². The molecule has 4 rings (SSSR count). The van der Waals surface area contributed by atoms with Gasteiger partial charge in [0, 0.05) is 45.5 Å². The summed E-state index contributed by atoms with van der Waals surface area (Å²) in [4.78, 5) is 23.6. The van der Waals surface area contributed by atoms with Crippen molar-refractivity contribution in [3.8, 4) is 5.75 Å². The third-order valence-corrected chi connectivity index (χ3v) is 6.27. The summed E-state index contributed by atoms with van der Waals surface area (Å²) in [7, 11) is 5.35. The zero-order valence-electron chi connectivity index (χ0n) is 19.6. The van der Waals surface area contributed by atoms with Crippen molar-refractivity contribution in [1.82, 2.24) is 24.9 Å². The van der Waals surface area contributed by atoms with E-state index in [9.17, 15) is 4.79 Å². The molecule has 33 heavy (non-hydrogen) atoms. The van der Waals surface area contributed by atoms with E-state index in [1.807, 2.05) is 30.3 Å². The van der Waals surface area contributed by atoms with Crippen LogP contribution in [0.5, 0.6) is 5.75 Å². The fraction of sp³-hybridized carbons (Fsp3) is 0.522. The molecule has 0 bridgehead atoms. The zero-order chi connectivity index (χ0) is 22.5. The van der Waals surface area contributed by atoms with Crippen LogP contribution in [0.4, 0.5) is 5.69 Å². The summed E-state index contributed by atoms with van der Waals surface area (Å²) < 4.78 is 7.37. The first-order valence-electron chi connectivity index (χ1n) is 11.2. The largest absolute Gasteiger partial charge is 0.496 e. The van der Waals surface area contributed by atoms with Crippen molar-refractivity contribution in [3.05, 3.63) is 42.2 Å². The third-order valence-electron chi connectivity index (χ3n) is 6.27. The number of guanidine groups is 1. The fourth-order valence-corrected chi connectivity index (χ4v) is 4.63. The molecule has 2 aromatic rings. The Morgan fingerprint density at radius 2 is 1.97 bits per heavy atom. The predicted molar refractivity (Wildman–Crippen MR) is 140 cm³/mol. The van der Waals surface area contributed by atoms with Crippen LogP contribution in [0.25, 0.3) is 0 Å². The fourth-order valence-electron chi connectivity index (χ4n) is 4.63. The number of methoxy groups -OCH3 is 1. The van der Waals surface area contributed by atoms with Crippen LogP contribution in [-0.4, -0.2) is 84.9 Å². The second-order valence-corrected chi connectivity index (χ2v) is 8.27. The molecule has 9 nitrogen and oxygen atoms in total. The number of likely N-dealkylation sites (tertiary alicyclic amines) is 1. The van der Waals surface area contributed by atoms with Crippen molar-refractivity contribution in [2.75, 3.05) is 58.3 Å². The summed E-state index contributed by atoms with van der Waals surface area (Å²) in [5.41, 5.74) is 2.02. The number of para-hydroxylation sites is 1. The number of halogens is 1. The second kappa shape index (κ2) is 11.7. The number of piperazine rings is 1. The number of rotatable bonds is 6. The monoisotopic (exact) mass is 567 g/mol. The van der Waals surface area contributed by atoms with E-state index < -0.39 is 0 Å². The van der Waals surface area contributed by atoms with Crippen molar-refractivity contribution in [3.63, 3.8) is 0 Å². The van der Waals surface area contributed by atoms with Gasteiger partial charge in [0.1, 0.15) is 12.3 Å². The Balaban J connectivity index is 0.00000306. The van der Waals surface area contributed by atoms with E-state index in [1.165, 1.54) is 18.4 Å². The molecule has 2 aliphatic heterocycles. The van der Waals surface area contributed by atoms with Gasteiger partial charge < -0.3 is 19.9 Å². The highest BCUT2D eigenvalue weighted by atomic mass is 127. The third kappa shape index (κ3) is 5.78. The lowest BCUT2D eigenvalue weighted by Gasteiger charge is -2.36. The summed E-state index contributed by atoms with van der Waals surface area (Å²) >= 11 is 0. The minimum atomic E-state index is 0. The van der Waals surface area contributed by atoms with Crippen molar-refractivity contribution >= 4 is 41.5 Å². The van der Waals surface area contributed by atoms with Gasteiger partial charge in [-0.1, -0.05) is 18.2 Å². The van der Waals surface area contributed by atoms with Gasteiger partial charge in [-0.3, -0.25) is 19.4 Å². The van der Waals surface area contributed by atoms with E-state index in [0.29, 0.717) is 19.6 Å². The Labute approximate surface area is 212 Å². The number of hydrogen-bond donors (Lipinski definition) is 1. The number of aliphatic imine (C=N–C) groups is 1. The number of carbonyl (C=O) groups excluding carboxylic acids is 1. The number of carbonyl (C=O) groups is 1. The van der Waals surface area contributed by atoms with E-state index in [-0.39, 0.29) is 42.5 Å². The van der Waals surface area contributed by atoms with Gasteiger partial charge in [-0.25, -0.2) is 0 Å². The Kier molecular flexibility index (Phi) is 8.95. The molecule has 1 atom stereocenters. The molecule has 3 heterocycles. The molecule has 0 radical (unpaired) electrons. The maximum absolute atomic E-state index is 12.8. The number of amides is 1. The van der Waals surface area contributed by atoms with Crippen LogP contribution in [0.3, 0.4) is 0 Å². The zero-order valence-corrected chi connectivity index (χ0v) is 21.9. The van der Waals surface area contributed by atoms with Gasteiger partial charge in [0.25, 0.3) is 0 Å². The Bertz CT molecular complexity index is 958. The molecule has 180 valence electrons. The van der Waals surface area contributed by atoms with Crippen LogP contribution in [0, 0.1) is 0 Å². The summed E-state index contributed by atoms with van der Waals surface area (Å²) in [5.74, 6) is 1.71. The molecule has 0 spiro atoms. The number of benzene rings is 1. The minimum Gasteiger partial charge on any atom is -0.496 e. The number of aryl methyl sites for hydroxylation is 1. The molecule has 1 amide bonds. The van der Waals surface area contributed by atoms with Crippen LogP contribution in [0.1, 0.15) is 24.4 Å². The van der Waals surface area contributed by atoms with E-state index in [0.717, 1.165) is 30.5 Å². The molecular weight excluding hydrogens is 533 g/mol. The number of hydrogen-bond acceptors (Lipinski definition) is 5. The molecular formula is C23H34IN7O2. The Morgan fingerprint density at radius 1 is 1.21 bits per heavy atom. The number of nitrogens with zero attached hydrogens (tertiary/aromatic N) is 6. The van der Waals surface area contributed by atoms with Gasteiger partial charge in [-0.05, 0) is 32.0 Å². The highest BCUT2D eigenvalue weighted by molar-refractivity contribution is 14.0. The van der Waals surface area contributed by atoms with Crippen LogP contribution in [-0.2, 0) is 11.8 Å². The average Bonchev–Trinajstić information content (AvgIpc) is 3.49. The van der Waals surface area contributed by atoms with Crippen molar-refractivity contribution in [2.24, 2.45) is 12.0 Å². The average molecular weight is 567 g/mol. The Morgan fingerprint density at radius 3 is 2.61 bits per heavy atom. The summed E-state index contributed by atoms with van der Waals surface area (Å²) in [6.45, 7) is 4.45. The van der Waals surface area contributed by atoms with E-state index in [2.05, 4.69) is 32.4 Å². The number of nitrogens with one attached hydrogen (secondary N) is 1. The number of ether oxygens (including phenoxy) is 1. The molecule has 0 saturated carbocycles. The minimum absolute atomic E-state index is 0.